The minimum absolute atomic E-state index is 0.0214. The van der Waals surface area contributed by atoms with Gasteiger partial charge in [0, 0.05) is 17.4 Å². The van der Waals surface area contributed by atoms with Crippen LogP contribution in [-0.2, 0) is 0 Å². The molecule has 0 aromatic heterocycles. The van der Waals surface area contributed by atoms with Crippen LogP contribution in [0.2, 0.25) is 0 Å². The number of hydrogen-bond donors (Lipinski definition) is 2. The van der Waals surface area contributed by atoms with Crippen molar-refractivity contribution in [3.8, 4) is 0 Å². The molecule has 2 aliphatic rings. The molecule has 2 nitrogen and oxygen atoms in total. The van der Waals surface area contributed by atoms with E-state index in [1.165, 1.54) is 6.42 Å². The third-order valence-electron chi connectivity index (χ3n) is 4.79. The molecule has 4 atom stereocenters. The summed E-state index contributed by atoms with van der Waals surface area (Å²) in [4.78, 5) is 0. The normalized spacial score (nSPS) is 58.0. The van der Waals surface area contributed by atoms with Crippen molar-refractivity contribution in [1.29, 1.82) is 0 Å². The lowest BCUT2D eigenvalue weighted by Gasteiger charge is -2.38. The molecule has 0 aromatic rings. The molecule has 0 spiro atoms. The molecule has 0 radical (unpaired) electrons. The van der Waals surface area contributed by atoms with Crippen LogP contribution in [0.1, 0.15) is 33.1 Å². The standard InChI is InChI=1S/C10H18O2/c1-9-4-3-7(5-8(9)12)10(9,2)6-11/h7-8,11-12H,3-6H2,1-2H3/t7-,8+,9+,10?/m0/s1. The first-order valence-electron chi connectivity index (χ1n) is 4.83. The summed E-state index contributed by atoms with van der Waals surface area (Å²) >= 11 is 0. The van der Waals surface area contributed by atoms with Crippen molar-refractivity contribution in [2.45, 2.75) is 39.2 Å². The molecule has 2 rings (SSSR count). The first kappa shape index (κ1) is 8.52. The van der Waals surface area contributed by atoms with Crippen LogP contribution in [0, 0.1) is 16.7 Å². The third kappa shape index (κ3) is 0.686. The molecule has 0 aliphatic heterocycles. The molecule has 2 bridgehead atoms. The summed E-state index contributed by atoms with van der Waals surface area (Å²) in [5, 5.41) is 19.2. The summed E-state index contributed by atoms with van der Waals surface area (Å²) in [6.45, 7) is 4.48. The Morgan fingerprint density at radius 3 is 2.33 bits per heavy atom. The molecule has 2 aliphatic carbocycles. The minimum atomic E-state index is -0.187. The van der Waals surface area contributed by atoms with Gasteiger partial charge in [-0.05, 0) is 25.2 Å². The van der Waals surface area contributed by atoms with E-state index in [1.54, 1.807) is 0 Å². The van der Waals surface area contributed by atoms with Gasteiger partial charge in [-0.2, -0.15) is 0 Å². The molecule has 0 saturated heterocycles. The summed E-state index contributed by atoms with van der Waals surface area (Å²) in [6, 6.07) is 0. The molecular weight excluding hydrogens is 152 g/mol. The van der Waals surface area contributed by atoms with Gasteiger partial charge in [0.2, 0.25) is 0 Å². The molecule has 0 aromatic carbocycles. The Morgan fingerprint density at radius 2 is 2.08 bits per heavy atom. The smallest absolute Gasteiger partial charge is 0.0602 e. The molecule has 70 valence electrons. The van der Waals surface area contributed by atoms with E-state index in [1.807, 2.05) is 0 Å². The van der Waals surface area contributed by atoms with Crippen LogP contribution in [0.3, 0.4) is 0 Å². The number of aliphatic hydroxyl groups excluding tert-OH is 2. The van der Waals surface area contributed by atoms with E-state index in [0.29, 0.717) is 5.92 Å². The average molecular weight is 170 g/mol. The van der Waals surface area contributed by atoms with Crippen LogP contribution in [0.15, 0.2) is 0 Å². The summed E-state index contributed by atoms with van der Waals surface area (Å²) in [6.07, 6.45) is 2.97. The Balaban J connectivity index is 2.38. The number of fused-ring (bicyclic) bond motifs is 2. The van der Waals surface area contributed by atoms with Crippen LogP contribution in [0.5, 0.6) is 0 Å². The van der Waals surface area contributed by atoms with Crippen molar-refractivity contribution in [2.75, 3.05) is 6.61 Å². The highest BCUT2D eigenvalue weighted by Crippen LogP contribution is 2.65. The van der Waals surface area contributed by atoms with E-state index in [0.717, 1.165) is 12.8 Å². The predicted molar refractivity (Wildman–Crippen MR) is 46.6 cm³/mol. The quantitative estimate of drug-likeness (QED) is 0.620. The van der Waals surface area contributed by atoms with Gasteiger partial charge in [0.15, 0.2) is 0 Å². The van der Waals surface area contributed by atoms with Crippen LogP contribution >= 0.6 is 0 Å². The number of rotatable bonds is 1. The zero-order valence-electron chi connectivity index (χ0n) is 7.88. The topological polar surface area (TPSA) is 40.5 Å². The fraction of sp³-hybridized carbons (Fsp3) is 1.00. The van der Waals surface area contributed by atoms with E-state index < -0.39 is 0 Å². The fourth-order valence-electron chi connectivity index (χ4n) is 3.31. The van der Waals surface area contributed by atoms with Crippen molar-refractivity contribution in [3.05, 3.63) is 0 Å². The van der Waals surface area contributed by atoms with Gasteiger partial charge in [-0.25, -0.2) is 0 Å². The second kappa shape index (κ2) is 2.24. The van der Waals surface area contributed by atoms with Crippen molar-refractivity contribution >= 4 is 0 Å². The number of aliphatic hydroxyl groups is 2. The van der Waals surface area contributed by atoms with Crippen LogP contribution in [-0.4, -0.2) is 22.9 Å². The average Bonchev–Trinajstić information content (AvgIpc) is 2.39. The first-order valence-corrected chi connectivity index (χ1v) is 4.83. The highest BCUT2D eigenvalue weighted by atomic mass is 16.3. The maximum Gasteiger partial charge on any atom is 0.0602 e. The van der Waals surface area contributed by atoms with Gasteiger partial charge in [-0.1, -0.05) is 13.8 Å². The van der Waals surface area contributed by atoms with Gasteiger partial charge < -0.3 is 10.2 Å². The third-order valence-corrected chi connectivity index (χ3v) is 4.79. The highest BCUT2D eigenvalue weighted by Gasteiger charge is 2.63. The lowest BCUT2D eigenvalue weighted by Crippen LogP contribution is -2.39. The van der Waals surface area contributed by atoms with Gasteiger partial charge in [-0.15, -0.1) is 0 Å². The second-order valence-corrected chi connectivity index (χ2v) is 4.98. The number of hydrogen-bond acceptors (Lipinski definition) is 2. The van der Waals surface area contributed by atoms with Crippen molar-refractivity contribution in [2.24, 2.45) is 16.7 Å². The van der Waals surface area contributed by atoms with Crippen molar-refractivity contribution in [3.63, 3.8) is 0 Å². The second-order valence-electron chi connectivity index (χ2n) is 4.98. The Bertz CT molecular complexity index is 202. The Morgan fingerprint density at radius 1 is 1.42 bits per heavy atom. The predicted octanol–water partition coefficient (Wildman–Crippen LogP) is 1.17. The van der Waals surface area contributed by atoms with Crippen LogP contribution in [0.25, 0.3) is 0 Å². The molecule has 0 amide bonds. The largest absolute Gasteiger partial charge is 0.396 e. The van der Waals surface area contributed by atoms with Crippen LogP contribution < -0.4 is 0 Å². The lowest BCUT2D eigenvalue weighted by molar-refractivity contribution is -0.0213. The van der Waals surface area contributed by atoms with Gasteiger partial charge >= 0.3 is 0 Å². The van der Waals surface area contributed by atoms with Crippen molar-refractivity contribution < 1.29 is 10.2 Å². The van der Waals surface area contributed by atoms with Gasteiger partial charge in [0.1, 0.15) is 0 Å². The molecule has 0 heterocycles. The van der Waals surface area contributed by atoms with Crippen LogP contribution in [0.4, 0.5) is 0 Å². The molecule has 1 unspecified atom stereocenters. The minimum Gasteiger partial charge on any atom is -0.396 e. The van der Waals surface area contributed by atoms with Crippen molar-refractivity contribution in [1.82, 2.24) is 0 Å². The van der Waals surface area contributed by atoms with Gasteiger partial charge in [0.05, 0.1) is 6.10 Å². The van der Waals surface area contributed by atoms with E-state index >= 15 is 0 Å². The zero-order chi connectivity index (χ0) is 8.98. The SMILES string of the molecule is CC1(CO)[C@H]2CC[C@]1(C)[C@H](O)C2. The Labute approximate surface area is 73.6 Å². The van der Waals surface area contributed by atoms with E-state index in [4.69, 9.17) is 0 Å². The molecular formula is C10H18O2. The summed E-state index contributed by atoms with van der Waals surface area (Å²) in [5.74, 6) is 0.544. The summed E-state index contributed by atoms with van der Waals surface area (Å²) in [5.41, 5.74) is -0.0428. The van der Waals surface area contributed by atoms with Gasteiger partial charge in [0.25, 0.3) is 0 Å². The molecule has 2 fully saturated rings. The molecule has 2 saturated carbocycles. The summed E-state index contributed by atoms with van der Waals surface area (Å²) < 4.78 is 0. The zero-order valence-corrected chi connectivity index (χ0v) is 7.88. The highest BCUT2D eigenvalue weighted by molar-refractivity contribution is 5.12. The molecule has 2 N–H and O–H groups in total. The maximum atomic E-state index is 9.83. The first-order chi connectivity index (χ1) is 5.54. The molecule has 2 heteroatoms. The summed E-state index contributed by atoms with van der Waals surface area (Å²) in [7, 11) is 0. The van der Waals surface area contributed by atoms with Gasteiger partial charge in [-0.3, -0.25) is 0 Å². The maximum absolute atomic E-state index is 9.83. The Kier molecular flexibility index (Phi) is 1.59. The van der Waals surface area contributed by atoms with E-state index in [-0.39, 0.29) is 23.5 Å². The lowest BCUT2D eigenvalue weighted by atomic mass is 9.69. The van der Waals surface area contributed by atoms with E-state index in [2.05, 4.69) is 13.8 Å². The van der Waals surface area contributed by atoms with E-state index in [9.17, 15) is 10.2 Å². The fourth-order valence-corrected chi connectivity index (χ4v) is 3.31. The molecule has 12 heavy (non-hydrogen) atoms. The Hall–Kier alpha value is -0.0800. The monoisotopic (exact) mass is 170 g/mol.